The first-order valence-corrected chi connectivity index (χ1v) is 19.6. The van der Waals surface area contributed by atoms with Crippen LogP contribution < -0.4 is 10.6 Å². The van der Waals surface area contributed by atoms with Gasteiger partial charge in [0, 0.05) is 36.3 Å². The molecule has 14 nitrogen and oxygen atoms in total. The first-order chi connectivity index (χ1) is 27.8. The normalized spacial score (nSPS) is 18.0. The molecule has 4 N–H and O–H groups in total. The molecule has 0 bridgehead atoms. The second-order valence-electron chi connectivity index (χ2n) is 15.6. The number of likely N-dealkylation sites (tertiary alicyclic amines) is 2. The van der Waals surface area contributed by atoms with Crippen molar-refractivity contribution in [2.24, 2.45) is 11.8 Å². The summed E-state index contributed by atoms with van der Waals surface area (Å²) in [5.41, 5.74) is 3.80. The van der Waals surface area contributed by atoms with Crippen LogP contribution in [0.15, 0.2) is 48.5 Å². The predicted octanol–water partition coefficient (Wildman–Crippen LogP) is 7.14. The van der Waals surface area contributed by atoms with Crippen LogP contribution in [0.3, 0.4) is 0 Å². The van der Waals surface area contributed by atoms with Crippen LogP contribution in [-0.2, 0) is 19.1 Å². The Kier molecular flexibility index (Phi) is 11.4. The maximum Gasteiger partial charge on any atom is 0.407 e. The van der Waals surface area contributed by atoms with Crippen LogP contribution in [0.2, 0.25) is 0 Å². The first-order valence-electron chi connectivity index (χ1n) is 19.6. The Hall–Kier alpha value is -6.06. The fraction of sp³-hybridized carbons (Fsp3) is 0.429. The number of carbonyl (C=O) groups excluding carboxylic acids is 4. The maximum absolute atomic E-state index is 15.7. The van der Waals surface area contributed by atoms with E-state index in [1.54, 1.807) is 46.2 Å². The SMILES string of the molecule is COC(=O)N[C@H](C(=O)N1CCC[C@H]1c1nc2cc(F)c(-c3ccc(-c4cc5[nH]c([C@@H]6CCCN6C(=O)[C@@H](NC(=O)OC)C(C)C)nc5cc4F)cc3)cc2[nH]1)C(C)C. The number of amides is 4. The van der Waals surface area contributed by atoms with Crippen LogP contribution in [0.5, 0.6) is 0 Å². The standard InChI is InChI=1S/C42H48F2N8O6/c1-21(2)35(49-41(55)57-5)39(53)51-15-7-9-33(51)37-45-29-17-25(27(43)19-31(29)47-37)23-11-13-24(14-12-23)26-18-30-32(20-28(26)44)48-38(46-30)34-10-8-16-52(34)40(54)36(22(3)4)50-42(56)58-6/h11-14,17-22,33-36H,7-10,15-16H2,1-6H3,(H,45,47)(H,46,48)(H,49,55)(H,50,56)/t33-,34-,35-,36-/m0/s1. The summed E-state index contributed by atoms with van der Waals surface area (Å²) in [6.07, 6.45) is 1.43. The van der Waals surface area contributed by atoms with Gasteiger partial charge in [0.05, 0.1) is 48.4 Å². The second-order valence-corrected chi connectivity index (χ2v) is 15.6. The minimum Gasteiger partial charge on any atom is -0.453 e. The molecular formula is C42H48F2N8O6. The molecule has 3 aromatic carbocycles. The lowest BCUT2D eigenvalue weighted by Gasteiger charge is -2.29. The molecule has 2 aliphatic heterocycles. The third-order valence-electron chi connectivity index (χ3n) is 11.2. The minimum absolute atomic E-state index is 0.182. The molecule has 4 atom stereocenters. The molecule has 2 aliphatic rings. The number of nitrogens with one attached hydrogen (secondary N) is 4. The van der Waals surface area contributed by atoms with Crippen LogP contribution in [0.1, 0.15) is 77.1 Å². The van der Waals surface area contributed by atoms with Gasteiger partial charge in [0.1, 0.15) is 35.4 Å². The molecule has 4 heterocycles. The van der Waals surface area contributed by atoms with Gasteiger partial charge < -0.3 is 39.9 Å². The molecule has 58 heavy (non-hydrogen) atoms. The molecule has 0 aliphatic carbocycles. The lowest BCUT2D eigenvalue weighted by molar-refractivity contribution is -0.136. The number of hydrogen-bond acceptors (Lipinski definition) is 8. The number of methoxy groups -OCH3 is 2. The summed E-state index contributed by atoms with van der Waals surface area (Å²) in [5.74, 6) is -0.755. The molecular weight excluding hydrogens is 751 g/mol. The first kappa shape index (κ1) is 40.1. The molecule has 2 saturated heterocycles. The number of halogens is 2. The Bertz CT molecular complexity index is 2200. The van der Waals surface area contributed by atoms with Crippen molar-refractivity contribution in [3.05, 3.63) is 71.8 Å². The molecule has 5 aromatic rings. The third kappa shape index (κ3) is 7.79. The second kappa shape index (κ2) is 16.4. The van der Waals surface area contributed by atoms with Crippen LogP contribution in [0.25, 0.3) is 44.3 Å². The van der Waals surface area contributed by atoms with E-state index >= 15 is 8.78 Å². The highest BCUT2D eigenvalue weighted by Gasteiger charge is 2.39. The number of alkyl carbamates (subject to hydrolysis) is 2. The van der Waals surface area contributed by atoms with Crippen molar-refractivity contribution in [2.75, 3.05) is 27.3 Å². The number of benzene rings is 3. The number of hydrogen-bond donors (Lipinski definition) is 4. The molecule has 16 heteroatoms. The number of aromatic nitrogens is 4. The van der Waals surface area contributed by atoms with E-state index in [1.807, 2.05) is 27.7 Å². The van der Waals surface area contributed by atoms with E-state index in [0.29, 0.717) is 81.9 Å². The molecule has 0 unspecified atom stereocenters. The monoisotopic (exact) mass is 798 g/mol. The summed E-state index contributed by atoms with van der Waals surface area (Å²) in [4.78, 5) is 70.5. The van der Waals surface area contributed by atoms with E-state index in [-0.39, 0.29) is 35.7 Å². The van der Waals surface area contributed by atoms with Gasteiger partial charge in [-0.1, -0.05) is 52.0 Å². The Morgan fingerprint density at radius 2 is 1.05 bits per heavy atom. The molecule has 2 aromatic heterocycles. The number of nitrogens with zero attached hydrogens (tertiary/aromatic N) is 4. The Morgan fingerprint density at radius 1 is 0.672 bits per heavy atom. The van der Waals surface area contributed by atoms with Gasteiger partial charge in [-0.05, 0) is 60.8 Å². The van der Waals surface area contributed by atoms with E-state index < -0.39 is 35.9 Å². The molecule has 0 saturated carbocycles. The van der Waals surface area contributed by atoms with Gasteiger partial charge >= 0.3 is 12.2 Å². The molecule has 2 fully saturated rings. The molecule has 0 spiro atoms. The van der Waals surface area contributed by atoms with Crippen LogP contribution in [-0.4, -0.2) is 93.1 Å². The lowest BCUT2D eigenvalue weighted by Crippen LogP contribution is -2.51. The average Bonchev–Trinajstić information content (AvgIpc) is 4.03. The molecule has 306 valence electrons. The molecule has 0 radical (unpaired) electrons. The summed E-state index contributed by atoms with van der Waals surface area (Å²) in [5, 5.41) is 5.29. The number of H-pyrrole nitrogens is 2. The van der Waals surface area contributed by atoms with Gasteiger partial charge in [-0.3, -0.25) is 9.59 Å². The zero-order chi connectivity index (χ0) is 41.4. The Morgan fingerprint density at radius 3 is 1.40 bits per heavy atom. The fourth-order valence-electron chi connectivity index (χ4n) is 8.08. The van der Waals surface area contributed by atoms with Crippen LogP contribution in [0, 0.1) is 23.5 Å². The van der Waals surface area contributed by atoms with E-state index in [0.717, 1.165) is 12.8 Å². The zero-order valence-electron chi connectivity index (χ0n) is 33.3. The van der Waals surface area contributed by atoms with E-state index in [1.165, 1.54) is 26.4 Å². The molecule has 7 rings (SSSR count). The summed E-state index contributed by atoms with van der Waals surface area (Å²) < 4.78 is 40.8. The van der Waals surface area contributed by atoms with Crippen LogP contribution in [0.4, 0.5) is 18.4 Å². The van der Waals surface area contributed by atoms with Crippen molar-refractivity contribution in [3.8, 4) is 22.3 Å². The lowest BCUT2D eigenvalue weighted by atomic mass is 9.99. The summed E-state index contributed by atoms with van der Waals surface area (Å²) >= 11 is 0. The summed E-state index contributed by atoms with van der Waals surface area (Å²) in [6.45, 7) is 8.37. The van der Waals surface area contributed by atoms with Crippen molar-refractivity contribution < 1.29 is 37.4 Å². The van der Waals surface area contributed by atoms with Gasteiger partial charge in [0.25, 0.3) is 0 Å². The highest BCUT2D eigenvalue weighted by Crippen LogP contribution is 2.37. The van der Waals surface area contributed by atoms with E-state index in [2.05, 4.69) is 30.6 Å². The minimum atomic E-state index is -0.779. The van der Waals surface area contributed by atoms with Gasteiger partial charge in [-0.2, -0.15) is 0 Å². The topological polar surface area (TPSA) is 175 Å². The van der Waals surface area contributed by atoms with Crippen molar-refractivity contribution in [2.45, 2.75) is 77.5 Å². The number of ether oxygens (including phenoxy) is 2. The third-order valence-corrected chi connectivity index (χ3v) is 11.2. The van der Waals surface area contributed by atoms with Crippen LogP contribution >= 0.6 is 0 Å². The van der Waals surface area contributed by atoms with Gasteiger partial charge in [-0.15, -0.1) is 0 Å². The summed E-state index contributed by atoms with van der Waals surface area (Å²) in [7, 11) is 2.50. The summed E-state index contributed by atoms with van der Waals surface area (Å²) in [6, 6.07) is 10.7. The zero-order valence-corrected chi connectivity index (χ0v) is 33.3. The van der Waals surface area contributed by atoms with Crippen molar-refractivity contribution in [3.63, 3.8) is 0 Å². The number of imidazole rings is 2. The quantitative estimate of drug-likeness (QED) is 0.115. The van der Waals surface area contributed by atoms with E-state index in [9.17, 15) is 19.2 Å². The van der Waals surface area contributed by atoms with Crippen molar-refractivity contribution in [1.29, 1.82) is 0 Å². The van der Waals surface area contributed by atoms with Gasteiger partial charge in [0.2, 0.25) is 11.8 Å². The van der Waals surface area contributed by atoms with Crippen molar-refractivity contribution >= 4 is 46.1 Å². The van der Waals surface area contributed by atoms with Gasteiger partial charge in [-0.25, -0.2) is 28.3 Å². The number of fused-ring (bicyclic) bond motifs is 2. The average molecular weight is 799 g/mol. The molecule has 4 amide bonds. The van der Waals surface area contributed by atoms with Gasteiger partial charge in [0.15, 0.2) is 0 Å². The highest BCUT2D eigenvalue weighted by molar-refractivity contribution is 5.89. The Labute approximate surface area is 334 Å². The number of carbonyl (C=O) groups is 4. The predicted molar refractivity (Wildman–Crippen MR) is 212 cm³/mol. The largest absolute Gasteiger partial charge is 0.453 e. The maximum atomic E-state index is 15.7. The fourth-order valence-corrected chi connectivity index (χ4v) is 8.08. The Balaban J connectivity index is 1.11. The number of rotatable bonds is 10. The number of aromatic amines is 2. The highest BCUT2D eigenvalue weighted by atomic mass is 19.1. The van der Waals surface area contributed by atoms with Crippen molar-refractivity contribution in [1.82, 2.24) is 40.4 Å². The van der Waals surface area contributed by atoms with E-state index in [4.69, 9.17) is 9.47 Å². The smallest absolute Gasteiger partial charge is 0.407 e.